The minimum absolute atomic E-state index is 0.107. The number of carbonyl (C=O) groups is 2. The van der Waals surface area contributed by atoms with Crippen LogP contribution >= 0.6 is 0 Å². The van der Waals surface area contributed by atoms with E-state index in [1.807, 2.05) is 37.3 Å². The average molecular weight is 564 g/mol. The molecule has 1 saturated carbocycles. The number of rotatable bonds is 10. The molecule has 1 aliphatic carbocycles. The summed E-state index contributed by atoms with van der Waals surface area (Å²) >= 11 is 0. The van der Waals surface area contributed by atoms with Gasteiger partial charge in [0.15, 0.2) is 0 Å². The van der Waals surface area contributed by atoms with Crippen molar-refractivity contribution in [3.63, 3.8) is 0 Å². The Bertz CT molecular complexity index is 1280. The third kappa shape index (κ3) is 7.07. The van der Waals surface area contributed by atoms with Crippen molar-refractivity contribution in [2.24, 2.45) is 11.8 Å². The van der Waals surface area contributed by atoms with Gasteiger partial charge in [0.25, 0.3) is 0 Å². The molecule has 41 heavy (non-hydrogen) atoms. The summed E-state index contributed by atoms with van der Waals surface area (Å²) in [6.07, 6.45) is 1.76. The second kappa shape index (κ2) is 13.5. The van der Waals surface area contributed by atoms with Gasteiger partial charge < -0.3 is 30.3 Å². The predicted octanol–water partition coefficient (Wildman–Crippen LogP) is 4.18. The Morgan fingerprint density at radius 3 is 2.71 bits per heavy atom. The van der Waals surface area contributed by atoms with Gasteiger partial charge in [-0.1, -0.05) is 35.9 Å². The summed E-state index contributed by atoms with van der Waals surface area (Å²) in [7, 11) is 1.66. The molecule has 5 atom stereocenters. The molecule has 2 aromatic rings. The van der Waals surface area contributed by atoms with Gasteiger partial charge in [0, 0.05) is 38.6 Å². The standard InChI is InChI=1S/C32H41N3O6/c1-21-7-5-8-23(15-21)26-16-22(19-33)10-11-27(26)32(40,12-3-4-14-41-2)25-9-6-13-35(20-25)30(37)24-17-28(29(36)18-24)34-31(38)39/h5,7-8,10-11,15-16,24-25,28-29,34,36,40H,3-4,6,9,12-14,17-18,20H2,1-2H3,(H,38,39)/t24-,25+,28+,29-,32-/m0/s1. The first-order chi connectivity index (χ1) is 19.7. The minimum Gasteiger partial charge on any atom is -0.465 e. The number of aryl methyl sites for hydroxylation is 1. The van der Waals surface area contributed by atoms with Crippen LogP contribution in [0.3, 0.4) is 0 Å². The number of carbonyl (C=O) groups excluding carboxylic acids is 1. The number of methoxy groups -OCH3 is 1. The zero-order valence-corrected chi connectivity index (χ0v) is 23.9. The van der Waals surface area contributed by atoms with Crippen LogP contribution in [0, 0.1) is 30.1 Å². The Labute approximate surface area is 241 Å². The number of aliphatic hydroxyl groups is 2. The maximum absolute atomic E-state index is 13.6. The zero-order valence-electron chi connectivity index (χ0n) is 23.9. The highest BCUT2D eigenvalue weighted by atomic mass is 16.5. The van der Waals surface area contributed by atoms with E-state index in [9.17, 15) is 25.1 Å². The second-order valence-electron chi connectivity index (χ2n) is 11.5. The third-order valence-electron chi connectivity index (χ3n) is 8.70. The smallest absolute Gasteiger partial charge is 0.404 e. The summed E-state index contributed by atoms with van der Waals surface area (Å²) in [5.41, 5.74) is 2.81. The number of unbranched alkanes of at least 4 members (excludes halogenated alkanes) is 1. The highest BCUT2D eigenvalue weighted by molar-refractivity contribution is 5.80. The molecule has 1 aliphatic heterocycles. The number of nitrogens with zero attached hydrogens (tertiary/aromatic N) is 2. The van der Waals surface area contributed by atoms with Crippen LogP contribution < -0.4 is 5.32 Å². The molecular formula is C32H41N3O6. The molecule has 2 amide bonds. The Balaban J connectivity index is 1.65. The van der Waals surface area contributed by atoms with Crippen LogP contribution in [0.5, 0.6) is 0 Å². The largest absolute Gasteiger partial charge is 0.465 e. The molecule has 4 N–H and O–H groups in total. The number of nitriles is 1. The normalized spacial score (nSPS) is 23.9. The highest BCUT2D eigenvalue weighted by Crippen LogP contribution is 2.44. The summed E-state index contributed by atoms with van der Waals surface area (Å²) in [4.78, 5) is 26.5. The van der Waals surface area contributed by atoms with Crippen LogP contribution in [-0.4, -0.2) is 71.2 Å². The molecule has 220 valence electrons. The minimum atomic E-state index is -1.26. The molecule has 0 unspecified atom stereocenters. The van der Waals surface area contributed by atoms with Gasteiger partial charge >= 0.3 is 6.09 Å². The number of ether oxygens (including phenoxy) is 1. The quantitative estimate of drug-likeness (QED) is 0.318. The molecule has 0 bridgehead atoms. The van der Waals surface area contributed by atoms with E-state index in [1.54, 1.807) is 18.1 Å². The van der Waals surface area contributed by atoms with Gasteiger partial charge in [-0.25, -0.2) is 4.79 Å². The van der Waals surface area contributed by atoms with E-state index >= 15 is 0 Å². The van der Waals surface area contributed by atoms with Gasteiger partial charge in [-0.05, 0) is 80.7 Å². The van der Waals surface area contributed by atoms with Crippen molar-refractivity contribution >= 4 is 12.0 Å². The van der Waals surface area contributed by atoms with E-state index in [4.69, 9.17) is 9.84 Å². The zero-order chi connectivity index (χ0) is 29.6. The summed E-state index contributed by atoms with van der Waals surface area (Å²) in [6, 6.07) is 15.0. The van der Waals surface area contributed by atoms with Gasteiger partial charge in [-0.2, -0.15) is 5.26 Å². The first-order valence-corrected chi connectivity index (χ1v) is 14.5. The van der Waals surface area contributed by atoms with E-state index in [1.165, 1.54) is 0 Å². The fourth-order valence-electron chi connectivity index (χ4n) is 6.60. The molecule has 0 aromatic heterocycles. The molecule has 2 aromatic carbocycles. The predicted molar refractivity (Wildman–Crippen MR) is 154 cm³/mol. The van der Waals surface area contributed by atoms with Crippen LogP contribution in [0.15, 0.2) is 42.5 Å². The number of carboxylic acid groups (broad SMARTS) is 1. The lowest BCUT2D eigenvalue weighted by molar-refractivity contribution is -0.141. The maximum Gasteiger partial charge on any atom is 0.404 e. The van der Waals surface area contributed by atoms with E-state index in [-0.39, 0.29) is 24.7 Å². The fraction of sp³-hybridized carbons (Fsp3) is 0.531. The number of amides is 2. The van der Waals surface area contributed by atoms with Gasteiger partial charge in [-0.3, -0.25) is 4.79 Å². The van der Waals surface area contributed by atoms with Crippen LogP contribution in [-0.2, 0) is 15.1 Å². The Morgan fingerprint density at radius 2 is 2.00 bits per heavy atom. The van der Waals surface area contributed by atoms with Crippen molar-refractivity contribution in [2.75, 3.05) is 26.8 Å². The van der Waals surface area contributed by atoms with E-state index in [0.717, 1.165) is 47.9 Å². The van der Waals surface area contributed by atoms with E-state index < -0.39 is 29.8 Å². The summed E-state index contributed by atoms with van der Waals surface area (Å²) in [6.45, 7) is 3.50. The average Bonchev–Trinajstić information content (AvgIpc) is 3.33. The maximum atomic E-state index is 13.6. The van der Waals surface area contributed by atoms with Crippen molar-refractivity contribution in [3.05, 3.63) is 59.2 Å². The fourth-order valence-corrected chi connectivity index (χ4v) is 6.60. The van der Waals surface area contributed by atoms with Crippen LogP contribution in [0.25, 0.3) is 11.1 Å². The molecule has 1 saturated heterocycles. The molecule has 0 spiro atoms. The Kier molecular flexibility index (Phi) is 10.0. The number of likely N-dealkylation sites (tertiary alicyclic amines) is 1. The SMILES string of the molecule is COCCCC[C@@](O)(c1ccc(C#N)cc1-c1cccc(C)c1)[C@@H]1CCCN(C(=O)[C@@H]2C[C@H](O)[C@H](NC(=O)O)C2)C1. The monoisotopic (exact) mass is 563 g/mol. The number of hydrogen-bond acceptors (Lipinski definition) is 6. The number of hydrogen-bond donors (Lipinski definition) is 4. The number of nitrogens with one attached hydrogen (secondary N) is 1. The Hall–Kier alpha value is -3.45. The van der Waals surface area contributed by atoms with E-state index in [2.05, 4.69) is 17.5 Å². The molecule has 4 rings (SSSR count). The Morgan fingerprint density at radius 1 is 1.20 bits per heavy atom. The molecule has 9 heteroatoms. The first-order valence-electron chi connectivity index (χ1n) is 14.5. The van der Waals surface area contributed by atoms with Gasteiger partial charge in [-0.15, -0.1) is 0 Å². The molecule has 2 fully saturated rings. The second-order valence-corrected chi connectivity index (χ2v) is 11.5. The van der Waals surface area contributed by atoms with Crippen molar-refractivity contribution in [3.8, 4) is 17.2 Å². The third-order valence-corrected chi connectivity index (χ3v) is 8.70. The van der Waals surface area contributed by atoms with Crippen molar-refractivity contribution in [1.29, 1.82) is 5.26 Å². The summed E-state index contributed by atoms with van der Waals surface area (Å²) < 4.78 is 5.26. The van der Waals surface area contributed by atoms with Crippen molar-refractivity contribution in [1.82, 2.24) is 10.2 Å². The summed E-state index contributed by atoms with van der Waals surface area (Å²) in [5, 5.41) is 44.1. The molecular weight excluding hydrogens is 522 g/mol. The lowest BCUT2D eigenvalue weighted by Gasteiger charge is -2.44. The van der Waals surface area contributed by atoms with E-state index in [0.29, 0.717) is 31.7 Å². The lowest BCUT2D eigenvalue weighted by atomic mass is 9.71. The summed E-state index contributed by atoms with van der Waals surface area (Å²) in [5.74, 6) is -0.837. The van der Waals surface area contributed by atoms with Crippen molar-refractivity contribution in [2.45, 2.75) is 69.6 Å². The first kappa shape index (κ1) is 30.5. The molecule has 0 radical (unpaired) electrons. The van der Waals surface area contributed by atoms with Crippen LogP contribution in [0.1, 0.15) is 61.6 Å². The molecule has 1 heterocycles. The van der Waals surface area contributed by atoms with Crippen LogP contribution in [0.4, 0.5) is 4.79 Å². The van der Waals surface area contributed by atoms with Crippen LogP contribution in [0.2, 0.25) is 0 Å². The number of benzene rings is 2. The van der Waals surface area contributed by atoms with Gasteiger partial charge in [0.1, 0.15) is 0 Å². The van der Waals surface area contributed by atoms with Gasteiger partial charge in [0.2, 0.25) is 5.91 Å². The molecule has 2 aliphatic rings. The topological polar surface area (TPSA) is 143 Å². The highest BCUT2D eigenvalue weighted by Gasteiger charge is 2.45. The lowest BCUT2D eigenvalue weighted by Crippen LogP contribution is -2.49. The number of aliphatic hydroxyl groups excluding tert-OH is 1. The van der Waals surface area contributed by atoms with Gasteiger partial charge in [0.05, 0.1) is 29.4 Å². The molecule has 9 nitrogen and oxygen atoms in total. The van der Waals surface area contributed by atoms with Crippen molar-refractivity contribution < 1.29 is 29.6 Å². The number of piperidine rings is 1.